The molecule has 0 atom stereocenters. The molecule has 190 valence electrons. The van der Waals surface area contributed by atoms with Gasteiger partial charge in [-0.3, -0.25) is 0 Å². The first-order chi connectivity index (χ1) is 20.4. The first kappa shape index (κ1) is 22.5. The fourth-order valence-corrected chi connectivity index (χ4v) is 7.08. The van der Waals surface area contributed by atoms with E-state index in [-0.39, 0.29) is 6.71 Å². The van der Waals surface area contributed by atoms with Crippen molar-refractivity contribution in [3.63, 3.8) is 0 Å². The van der Waals surface area contributed by atoms with E-state index in [4.69, 9.17) is 0 Å². The summed E-state index contributed by atoms with van der Waals surface area (Å²) in [6.07, 6.45) is 0. The molecule has 0 spiro atoms. The van der Waals surface area contributed by atoms with Crippen LogP contribution in [0.2, 0.25) is 0 Å². The number of para-hydroxylation sites is 2. The molecule has 0 amide bonds. The second-order valence-corrected chi connectivity index (χ2v) is 11.0. The van der Waals surface area contributed by atoms with E-state index in [0.29, 0.717) is 0 Å². The number of hydrogen-bond acceptors (Lipinski definition) is 2. The summed E-state index contributed by atoms with van der Waals surface area (Å²) in [6.45, 7) is 0.111. The maximum absolute atomic E-state index is 2.49. The Labute approximate surface area is 239 Å². The van der Waals surface area contributed by atoms with Crippen molar-refractivity contribution in [2.75, 3.05) is 9.80 Å². The second-order valence-electron chi connectivity index (χ2n) is 11.0. The van der Waals surface area contributed by atoms with Gasteiger partial charge in [0.1, 0.15) is 0 Å². The molecule has 2 heterocycles. The normalized spacial score (nSPS) is 13.2. The highest BCUT2D eigenvalue weighted by Crippen LogP contribution is 2.45. The van der Waals surface area contributed by atoms with Crippen LogP contribution in [0.1, 0.15) is 0 Å². The maximum atomic E-state index is 2.49. The Morgan fingerprint density at radius 3 is 1.71 bits per heavy atom. The topological polar surface area (TPSA) is 6.48 Å². The molecule has 2 nitrogen and oxygen atoms in total. The van der Waals surface area contributed by atoms with E-state index in [1.807, 2.05) is 0 Å². The van der Waals surface area contributed by atoms with Crippen molar-refractivity contribution in [1.29, 1.82) is 0 Å². The van der Waals surface area contributed by atoms with Gasteiger partial charge in [-0.05, 0) is 75.0 Å². The molecule has 0 N–H and O–H groups in total. The lowest BCUT2D eigenvalue weighted by molar-refractivity contribution is 1.26. The first-order valence-corrected chi connectivity index (χ1v) is 14.2. The van der Waals surface area contributed by atoms with Crippen LogP contribution in [0.3, 0.4) is 0 Å². The number of benzene rings is 7. The van der Waals surface area contributed by atoms with Crippen molar-refractivity contribution >= 4 is 78.8 Å². The average Bonchev–Trinajstić information content (AvgIpc) is 3.04. The van der Waals surface area contributed by atoms with E-state index in [0.717, 1.165) is 0 Å². The van der Waals surface area contributed by atoms with Gasteiger partial charge in [0.25, 0.3) is 6.71 Å². The Hall–Kier alpha value is -5.28. The molecule has 7 aromatic carbocycles. The van der Waals surface area contributed by atoms with Crippen LogP contribution in [0.4, 0.5) is 34.1 Å². The summed E-state index contributed by atoms with van der Waals surface area (Å²) in [5.74, 6) is 0. The maximum Gasteiger partial charge on any atom is 0.252 e. The zero-order chi connectivity index (χ0) is 26.9. The predicted octanol–water partition coefficient (Wildman–Crippen LogP) is 8.08. The van der Waals surface area contributed by atoms with Crippen molar-refractivity contribution < 1.29 is 0 Å². The quantitative estimate of drug-likeness (QED) is 0.213. The minimum atomic E-state index is 0.111. The van der Waals surface area contributed by atoms with Crippen molar-refractivity contribution in [1.82, 2.24) is 0 Å². The molecule has 7 aromatic rings. The van der Waals surface area contributed by atoms with Crippen molar-refractivity contribution in [3.05, 3.63) is 152 Å². The third-order valence-corrected chi connectivity index (χ3v) is 8.77. The Balaban J connectivity index is 1.44. The molecular formula is C38H25BN2. The van der Waals surface area contributed by atoms with Gasteiger partial charge in [0.15, 0.2) is 0 Å². The van der Waals surface area contributed by atoms with Crippen molar-refractivity contribution in [2.45, 2.75) is 0 Å². The molecular weight excluding hydrogens is 495 g/mol. The largest absolute Gasteiger partial charge is 0.311 e. The van der Waals surface area contributed by atoms with E-state index in [1.165, 1.54) is 72.1 Å². The monoisotopic (exact) mass is 520 g/mol. The number of fused-ring (bicyclic) bond motifs is 7. The molecule has 41 heavy (non-hydrogen) atoms. The van der Waals surface area contributed by atoms with E-state index < -0.39 is 0 Å². The van der Waals surface area contributed by atoms with Crippen LogP contribution in [0.25, 0.3) is 21.5 Å². The SMILES string of the molecule is c1ccc(N2c3cc4ccccc4cc3B3c4ccc5ccccc5c4N(c4ccccc4)c4cccc2c43)cc1. The Morgan fingerprint density at radius 2 is 0.976 bits per heavy atom. The molecule has 0 bridgehead atoms. The fraction of sp³-hybridized carbons (Fsp3) is 0. The lowest BCUT2D eigenvalue weighted by Gasteiger charge is -2.44. The average molecular weight is 520 g/mol. The van der Waals surface area contributed by atoms with Gasteiger partial charge in [0.2, 0.25) is 0 Å². The third-order valence-electron chi connectivity index (χ3n) is 8.77. The van der Waals surface area contributed by atoms with Gasteiger partial charge in [-0.15, -0.1) is 0 Å². The van der Waals surface area contributed by atoms with Crippen LogP contribution in [-0.4, -0.2) is 6.71 Å². The Kier molecular flexibility index (Phi) is 4.73. The summed E-state index contributed by atoms with van der Waals surface area (Å²) in [5, 5.41) is 5.06. The molecule has 0 saturated carbocycles. The second kappa shape index (κ2) is 8.61. The van der Waals surface area contributed by atoms with Gasteiger partial charge in [0, 0.05) is 39.5 Å². The van der Waals surface area contributed by atoms with E-state index in [2.05, 4.69) is 161 Å². The molecule has 9 rings (SSSR count). The predicted molar refractivity (Wildman–Crippen MR) is 175 cm³/mol. The summed E-state index contributed by atoms with van der Waals surface area (Å²) in [5.41, 5.74) is 11.4. The van der Waals surface area contributed by atoms with Gasteiger partial charge in [-0.2, -0.15) is 0 Å². The van der Waals surface area contributed by atoms with Crippen molar-refractivity contribution in [3.8, 4) is 0 Å². The lowest BCUT2D eigenvalue weighted by Crippen LogP contribution is -2.61. The van der Waals surface area contributed by atoms with E-state index >= 15 is 0 Å². The van der Waals surface area contributed by atoms with Crippen LogP contribution in [0.5, 0.6) is 0 Å². The number of anilines is 6. The minimum Gasteiger partial charge on any atom is -0.311 e. The molecule has 2 aliphatic heterocycles. The van der Waals surface area contributed by atoms with Crippen LogP contribution in [0, 0.1) is 0 Å². The molecule has 0 fully saturated rings. The summed E-state index contributed by atoms with van der Waals surface area (Å²) in [4.78, 5) is 4.95. The molecule has 2 aliphatic rings. The van der Waals surface area contributed by atoms with Crippen LogP contribution >= 0.6 is 0 Å². The van der Waals surface area contributed by atoms with Crippen molar-refractivity contribution in [2.24, 2.45) is 0 Å². The molecule has 0 aliphatic carbocycles. The molecule has 0 saturated heterocycles. The minimum absolute atomic E-state index is 0.111. The number of rotatable bonds is 2. The first-order valence-electron chi connectivity index (χ1n) is 14.2. The summed E-state index contributed by atoms with van der Waals surface area (Å²) >= 11 is 0. The Morgan fingerprint density at radius 1 is 0.390 bits per heavy atom. The van der Waals surface area contributed by atoms with Gasteiger partial charge in [0.05, 0.1) is 0 Å². The summed E-state index contributed by atoms with van der Waals surface area (Å²) in [6, 6.07) is 55.5. The Bertz CT molecular complexity index is 2110. The third kappa shape index (κ3) is 3.20. The number of nitrogens with zero attached hydrogens (tertiary/aromatic N) is 2. The summed E-state index contributed by atoms with van der Waals surface area (Å²) < 4.78 is 0. The smallest absolute Gasteiger partial charge is 0.252 e. The summed E-state index contributed by atoms with van der Waals surface area (Å²) in [7, 11) is 0. The fourth-order valence-electron chi connectivity index (χ4n) is 7.08. The molecule has 3 heteroatoms. The van der Waals surface area contributed by atoms with Gasteiger partial charge in [-0.25, -0.2) is 0 Å². The van der Waals surface area contributed by atoms with E-state index in [9.17, 15) is 0 Å². The van der Waals surface area contributed by atoms with Gasteiger partial charge < -0.3 is 9.80 Å². The van der Waals surface area contributed by atoms with Crippen LogP contribution in [-0.2, 0) is 0 Å². The highest BCUT2D eigenvalue weighted by Gasteiger charge is 2.43. The van der Waals surface area contributed by atoms with Crippen LogP contribution in [0.15, 0.2) is 152 Å². The molecule has 0 aromatic heterocycles. The van der Waals surface area contributed by atoms with E-state index in [1.54, 1.807) is 0 Å². The van der Waals surface area contributed by atoms with Crippen LogP contribution < -0.4 is 26.2 Å². The zero-order valence-corrected chi connectivity index (χ0v) is 22.4. The highest BCUT2D eigenvalue weighted by atomic mass is 15.2. The molecule has 0 unspecified atom stereocenters. The highest BCUT2D eigenvalue weighted by molar-refractivity contribution is 7.00. The standard InChI is InChI=1S/C38H25BN2/c1-3-15-29(16-4-1)40-34-20-11-21-35-37(34)39(33-24-27-13-7-8-14-28(27)25-36(33)40)32-23-22-26-12-9-10-19-31(26)38(32)41(35)30-17-5-2-6-18-30/h1-25H. The van der Waals surface area contributed by atoms with Gasteiger partial charge >= 0.3 is 0 Å². The number of hydrogen-bond donors (Lipinski definition) is 0. The molecule has 0 radical (unpaired) electrons. The zero-order valence-electron chi connectivity index (χ0n) is 22.4. The lowest BCUT2D eigenvalue weighted by atomic mass is 9.33. The van der Waals surface area contributed by atoms with Gasteiger partial charge in [-0.1, -0.05) is 109 Å².